The maximum atomic E-state index is 13.8. The summed E-state index contributed by atoms with van der Waals surface area (Å²) in [6, 6.07) is 1.80. The number of hydrogen-bond acceptors (Lipinski definition) is 9. The van der Waals surface area contributed by atoms with Gasteiger partial charge in [-0.3, -0.25) is 18.9 Å². The summed E-state index contributed by atoms with van der Waals surface area (Å²) >= 11 is 0. The van der Waals surface area contributed by atoms with Gasteiger partial charge >= 0.3 is 17.6 Å². The second kappa shape index (κ2) is 11.7. The Morgan fingerprint density at radius 3 is 2.50 bits per heavy atom. The average molecular weight is 558 g/mol. The highest BCUT2D eigenvalue weighted by Gasteiger charge is 2.34. The van der Waals surface area contributed by atoms with Crippen LogP contribution in [0.5, 0.6) is 5.75 Å². The molecule has 0 bridgehead atoms. The highest BCUT2D eigenvalue weighted by molar-refractivity contribution is 6.01. The quantitative estimate of drug-likeness (QED) is 0.338. The topological polar surface area (TPSA) is 123 Å². The number of pyridine rings is 1. The highest BCUT2D eigenvalue weighted by atomic mass is 16.6. The molecule has 218 valence electrons. The molecule has 3 heterocycles. The van der Waals surface area contributed by atoms with Crippen LogP contribution in [0.2, 0.25) is 0 Å². The van der Waals surface area contributed by atoms with Gasteiger partial charge in [0.2, 0.25) is 11.7 Å². The molecular formula is C28H39N5O7. The minimum absolute atomic E-state index is 0.121. The van der Waals surface area contributed by atoms with E-state index in [1.165, 1.54) is 21.3 Å². The number of esters is 1. The Morgan fingerprint density at radius 2 is 1.90 bits per heavy atom. The van der Waals surface area contributed by atoms with E-state index in [9.17, 15) is 19.2 Å². The molecular weight excluding hydrogens is 518 g/mol. The first-order chi connectivity index (χ1) is 18.9. The van der Waals surface area contributed by atoms with Gasteiger partial charge in [0.05, 0.1) is 25.1 Å². The fraction of sp³-hybridized carbons (Fsp3) is 0.607. The van der Waals surface area contributed by atoms with Crippen LogP contribution in [0, 0.1) is 5.92 Å². The van der Waals surface area contributed by atoms with Gasteiger partial charge in [-0.15, -0.1) is 0 Å². The standard InChI is InChI=1S/C28H39N5O7/c1-7-8-13-39-23-22(26(36)38-6)29-24-20(14-19(16-33(24)25(23)35)30(5)15-18-9-10-18)32-12-11-31(17-21(32)34)27(37)40-28(2,3)4/h14,16,18H,7-13,15,17H2,1-6H3. The molecule has 2 fully saturated rings. The van der Waals surface area contributed by atoms with Crippen LogP contribution in [0.15, 0.2) is 17.1 Å². The molecule has 2 aliphatic rings. The van der Waals surface area contributed by atoms with Gasteiger partial charge in [0.1, 0.15) is 12.1 Å². The number of piperazine rings is 1. The summed E-state index contributed by atoms with van der Waals surface area (Å²) in [7, 11) is 3.14. The SMILES string of the molecule is CCCCOc1c(C(=O)OC)nc2c(N3CCN(C(=O)OC(C)(C)C)CC3=O)cc(N(C)CC3CC3)cn2c1=O. The van der Waals surface area contributed by atoms with Crippen molar-refractivity contribution < 1.29 is 28.6 Å². The van der Waals surface area contributed by atoms with E-state index in [-0.39, 0.29) is 49.2 Å². The van der Waals surface area contributed by atoms with Crippen molar-refractivity contribution in [2.45, 2.75) is 59.0 Å². The van der Waals surface area contributed by atoms with E-state index < -0.39 is 23.2 Å². The lowest BCUT2D eigenvalue weighted by Gasteiger charge is -2.35. The number of aromatic nitrogens is 2. The van der Waals surface area contributed by atoms with Crippen LogP contribution in [0.25, 0.3) is 5.65 Å². The van der Waals surface area contributed by atoms with Crippen LogP contribution in [-0.4, -0.2) is 84.8 Å². The molecule has 12 heteroatoms. The van der Waals surface area contributed by atoms with E-state index in [1.54, 1.807) is 33.0 Å². The first-order valence-electron chi connectivity index (χ1n) is 13.7. The Kier molecular flexibility index (Phi) is 8.55. The molecule has 1 aliphatic carbocycles. The van der Waals surface area contributed by atoms with Gasteiger partial charge < -0.3 is 24.0 Å². The van der Waals surface area contributed by atoms with Crippen molar-refractivity contribution in [1.82, 2.24) is 14.3 Å². The second-order valence-corrected chi connectivity index (χ2v) is 11.3. The van der Waals surface area contributed by atoms with Crippen LogP contribution in [0.4, 0.5) is 16.2 Å². The van der Waals surface area contributed by atoms with Crippen molar-refractivity contribution in [1.29, 1.82) is 0 Å². The third-order valence-corrected chi connectivity index (χ3v) is 6.81. The summed E-state index contributed by atoms with van der Waals surface area (Å²) in [5.74, 6) is -0.786. The van der Waals surface area contributed by atoms with Gasteiger partial charge in [0.25, 0.3) is 0 Å². The van der Waals surface area contributed by atoms with Crippen molar-refractivity contribution in [2.75, 3.05) is 56.7 Å². The number of unbranched alkanes of at least 4 members (excludes halogenated alkanes) is 1. The van der Waals surface area contributed by atoms with E-state index in [0.717, 1.165) is 25.8 Å². The molecule has 2 aromatic heterocycles. The van der Waals surface area contributed by atoms with E-state index >= 15 is 0 Å². The van der Waals surface area contributed by atoms with Crippen LogP contribution >= 0.6 is 0 Å². The largest absolute Gasteiger partial charge is 0.486 e. The Balaban J connectivity index is 1.80. The molecule has 1 saturated heterocycles. The molecule has 12 nitrogen and oxygen atoms in total. The predicted molar refractivity (Wildman–Crippen MR) is 149 cm³/mol. The molecule has 0 spiro atoms. The van der Waals surface area contributed by atoms with E-state index in [0.29, 0.717) is 23.7 Å². The van der Waals surface area contributed by atoms with Crippen LogP contribution < -0.4 is 20.1 Å². The summed E-state index contributed by atoms with van der Waals surface area (Å²) in [5, 5.41) is 0. The molecule has 1 saturated carbocycles. The van der Waals surface area contributed by atoms with Crippen LogP contribution in [-0.2, 0) is 14.3 Å². The Labute approximate surface area is 233 Å². The molecule has 4 rings (SSSR count). The normalized spacial score (nSPS) is 15.8. The van der Waals surface area contributed by atoms with Crippen molar-refractivity contribution in [3.05, 3.63) is 28.3 Å². The number of carbonyl (C=O) groups is 3. The predicted octanol–water partition coefficient (Wildman–Crippen LogP) is 3.09. The van der Waals surface area contributed by atoms with Crippen LogP contribution in [0.3, 0.4) is 0 Å². The van der Waals surface area contributed by atoms with Crippen molar-refractivity contribution >= 4 is 35.0 Å². The summed E-state index contributed by atoms with van der Waals surface area (Å²) in [4.78, 5) is 61.9. The summed E-state index contributed by atoms with van der Waals surface area (Å²) in [5.41, 5.74) is -0.313. The number of amides is 2. The second-order valence-electron chi connectivity index (χ2n) is 11.3. The highest BCUT2D eigenvalue weighted by Crippen LogP contribution is 2.33. The number of nitrogens with zero attached hydrogens (tertiary/aromatic N) is 5. The minimum atomic E-state index is -0.812. The molecule has 40 heavy (non-hydrogen) atoms. The van der Waals surface area contributed by atoms with Gasteiger partial charge in [-0.05, 0) is 52.0 Å². The third kappa shape index (κ3) is 6.48. The van der Waals surface area contributed by atoms with Crippen molar-refractivity contribution in [3.63, 3.8) is 0 Å². The molecule has 0 radical (unpaired) electrons. The number of anilines is 2. The summed E-state index contributed by atoms with van der Waals surface area (Å²) < 4.78 is 17.4. The zero-order valence-electron chi connectivity index (χ0n) is 24.2. The Morgan fingerprint density at radius 1 is 1.18 bits per heavy atom. The monoisotopic (exact) mass is 557 g/mol. The molecule has 0 aromatic carbocycles. The maximum absolute atomic E-state index is 13.8. The fourth-order valence-corrected chi connectivity index (χ4v) is 4.49. The van der Waals surface area contributed by atoms with Crippen molar-refractivity contribution in [3.8, 4) is 5.75 Å². The van der Waals surface area contributed by atoms with Gasteiger partial charge in [0, 0.05) is 32.9 Å². The molecule has 2 amide bonds. The van der Waals surface area contributed by atoms with Gasteiger partial charge in [-0.1, -0.05) is 13.3 Å². The number of methoxy groups -OCH3 is 1. The molecule has 1 aliphatic heterocycles. The third-order valence-electron chi connectivity index (χ3n) is 6.81. The van der Waals surface area contributed by atoms with E-state index in [4.69, 9.17) is 14.2 Å². The molecule has 2 aromatic rings. The number of fused-ring (bicyclic) bond motifs is 1. The zero-order valence-corrected chi connectivity index (χ0v) is 24.2. The first-order valence-corrected chi connectivity index (χ1v) is 13.7. The Hall–Kier alpha value is -3.83. The maximum Gasteiger partial charge on any atom is 0.410 e. The van der Waals surface area contributed by atoms with E-state index in [1.807, 2.05) is 18.9 Å². The summed E-state index contributed by atoms with van der Waals surface area (Å²) in [6.45, 7) is 8.50. The minimum Gasteiger partial charge on any atom is -0.486 e. The van der Waals surface area contributed by atoms with Crippen molar-refractivity contribution in [2.24, 2.45) is 5.92 Å². The van der Waals surface area contributed by atoms with E-state index in [2.05, 4.69) is 4.98 Å². The fourth-order valence-electron chi connectivity index (χ4n) is 4.49. The smallest absolute Gasteiger partial charge is 0.410 e. The number of rotatable bonds is 9. The Bertz CT molecular complexity index is 1350. The molecule has 0 atom stereocenters. The zero-order chi connectivity index (χ0) is 29.2. The summed E-state index contributed by atoms with van der Waals surface area (Å²) in [6.07, 6.45) is 4.91. The lowest BCUT2D eigenvalue weighted by molar-refractivity contribution is -0.121. The average Bonchev–Trinajstić information content (AvgIpc) is 3.72. The number of ether oxygens (including phenoxy) is 3. The van der Waals surface area contributed by atoms with Gasteiger partial charge in [0.15, 0.2) is 11.3 Å². The van der Waals surface area contributed by atoms with Crippen LogP contribution in [0.1, 0.15) is 63.9 Å². The lowest BCUT2D eigenvalue weighted by atomic mass is 10.2. The number of carbonyl (C=O) groups excluding carboxylic acids is 3. The first kappa shape index (κ1) is 29.2. The number of hydrogen-bond donors (Lipinski definition) is 0. The molecule has 0 unspecified atom stereocenters. The van der Waals surface area contributed by atoms with Gasteiger partial charge in [-0.25, -0.2) is 14.6 Å². The lowest BCUT2D eigenvalue weighted by Crippen LogP contribution is -2.53. The van der Waals surface area contributed by atoms with Gasteiger partial charge in [-0.2, -0.15) is 0 Å². The molecule has 0 N–H and O–H groups in total.